The molecule has 0 aliphatic carbocycles. The van der Waals surface area contributed by atoms with Gasteiger partial charge in [-0.2, -0.15) is 5.48 Å². The second-order valence-electron chi connectivity index (χ2n) is 16.5. The fourth-order valence-corrected chi connectivity index (χ4v) is 9.19. The summed E-state index contributed by atoms with van der Waals surface area (Å²) in [5, 5.41) is 8.37. The molecule has 9 rings (SSSR count). The van der Waals surface area contributed by atoms with Gasteiger partial charge in [0.2, 0.25) is 5.43 Å². The minimum atomic E-state index is -0.578. The third-order valence-electron chi connectivity index (χ3n) is 12.6. The van der Waals surface area contributed by atoms with Crippen molar-refractivity contribution in [3.05, 3.63) is 70.3 Å². The number of hydrogen-bond donors (Lipinski definition) is 3. The summed E-state index contributed by atoms with van der Waals surface area (Å²) in [7, 11) is 4.34. The van der Waals surface area contributed by atoms with E-state index in [4.69, 9.17) is 14.0 Å². The molecule has 0 radical (unpaired) electrons. The maximum atomic E-state index is 16.6. The summed E-state index contributed by atoms with van der Waals surface area (Å²) in [6.45, 7) is 10.0. The maximum absolute atomic E-state index is 16.6. The van der Waals surface area contributed by atoms with E-state index in [0.29, 0.717) is 54.8 Å². The number of benzene rings is 3. The molecular formula is C44H55FN8O5. The number of ether oxygens (including phenoxy) is 1. The number of piperazine rings is 1. The van der Waals surface area contributed by atoms with Crippen LogP contribution in [0.15, 0.2) is 57.9 Å². The highest BCUT2D eigenvalue weighted by atomic mass is 19.1. The molecule has 3 fully saturated rings. The molecular weight excluding hydrogens is 740 g/mol. The quantitative estimate of drug-likeness (QED) is 0.0956. The van der Waals surface area contributed by atoms with Gasteiger partial charge in [0.25, 0.3) is 5.91 Å². The number of nitrogens with one attached hydrogen (secondary N) is 3. The Hall–Kier alpha value is -4.57. The van der Waals surface area contributed by atoms with Crippen LogP contribution in [0.25, 0.3) is 38.5 Å². The highest BCUT2D eigenvalue weighted by Crippen LogP contribution is 2.49. The van der Waals surface area contributed by atoms with Gasteiger partial charge >= 0.3 is 0 Å². The van der Waals surface area contributed by atoms with Gasteiger partial charge in [-0.15, -0.1) is 0 Å². The highest BCUT2D eigenvalue weighted by Gasteiger charge is 2.34. The Morgan fingerprint density at radius 3 is 2.64 bits per heavy atom. The minimum Gasteiger partial charge on any atom is -0.456 e. The molecule has 3 N–H and O–H groups in total. The fraction of sp³-hybridized carbons (Fsp3) is 0.500. The van der Waals surface area contributed by atoms with Crippen molar-refractivity contribution in [2.24, 2.45) is 0 Å². The van der Waals surface area contributed by atoms with Gasteiger partial charge in [-0.1, -0.05) is 18.2 Å². The summed E-state index contributed by atoms with van der Waals surface area (Å²) >= 11 is 0. The number of hydrogen-bond acceptors (Lipinski definition) is 11. The number of likely N-dealkylation sites (tertiary alicyclic amines) is 1. The van der Waals surface area contributed by atoms with Gasteiger partial charge in [0.1, 0.15) is 27.9 Å². The van der Waals surface area contributed by atoms with Crippen molar-refractivity contribution in [1.82, 2.24) is 35.4 Å². The zero-order valence-electron chi connectivity index (χ0n) is 33.7. The Morgan fingerprint density at radius 1 is 0.931 bits per heavy atom. The van der Waals surface area contributed by atoms with Crippen LogP contribution in [0.3, 0.4) is 0 Å². The molecule has 2 aromatic heterocycles. The van der Waals surface area contributed by atoms with E-state index >= 15 is 4.39 Å². The number of halogens is 1. The Balaban J connectivity index is 0.939. The largest absolute Gasteiger partial charge is 0.456 e. The molecule has 3 saturated heterocycles. The number of rotatable bonds is 15. The number of pyridine rings is 1. The molecule has 308 valence electrons. The summed E-state index contributed by atoms with van der Waals surface area (Å²) in [5.41, 5.74) is 5.27. The fourth-order valence-electron chi connectivity index (χ4n) is 9.19. The number of para-hydroxylation sites is 1. The van der Waals surface area contributed by atoms with E-state index in [-0.39, 0.29) is 28.4 Å². The Kier molecular flexibility index (Phi) is 11.4. The summed E-state index contributed by atoms with van der Waals surface area (Å²) in [5.74, 6) is -0.338. The predicted octanol–water partition coefficient (Wildman–Crippen LogP) is 5.07. The van der Waals surface area contributed by atoms with Crippen LogP contribution in [0.2, 0.25) is 0 Å². The van der Waals surface area contributed by atoms with E-state index in [1.54, 1.807) is 10.8 Å². The van der Waals surface area contributed by atoms with Crippen molar-refractivity contribution < 1.29 is 23.2 Å². The van der Waals surface area contributed by atoms with Crippen molar-refractivity contribution in [2.75, 3.05) is 97.6 Å². The number of likely N-dealkylation sites (N-methyl/N-ethyl adjacent to an activating group) is 1. The molecule has 1 amide bonds. The first-order chi connectivity index (χ1) is 28.3. The zero-order chi connectivity index (χ0) is 39.8. The summed E-state index contributed by atoms with van der Waals surface area (Å²) in [6.07, 6.45) is 7.71. The lowest BCUT2D eigenvalue weighted by molar-refractivity contribution is 0.0195. The summed E-state index contributed by atoms with van der Waals surface area (Å²) in [6, 6.07) is 13.5. The SMILES string of the molecule is CN1CCN(CCCNC(=O)c2cn3c4c(c(N5CC[C@@H](NOCCCNCCC6CCCN6C)C5)c(F)cc4c2=O)Oc2cc4c(cc2-3)oc2ccccc24)CC1. The number of anilines is 1. The number of furan rings is 1. The van der Waals surface area contributed by atoms with Gasteiger partial charge in [-0.3, -0.25) is 9.59 Å². The Bertz CT molecular complexity index is 2360. The number of nitrogens with zero attached hydrogens (tertiary/aromatic N) is 5. The third-order valence-corrected chi connectivity index (χ3v) is 12.6. The van der Waals surface area contributed by atoms with E-state index in [0.717, 1.165) is 81.4 Å². The average Bonchev–Trinajstić information content (AvgIpc) is 3.96. The van der Waals surface area contributed by atoms with Crippen molar-refractivity contribution in [1.29, 1.82) is 0 Å². The van der Waals surface area contributed by atoms with Gasteiger partial charge in [0, 0.05) is 74.9 Å². The standard InChI is InChI=1S/C44H55FN8O5/c1-49-19-21-51(22-20-49)17-6-14-47-44(55)34-28-53-36-26-38-32(31-9-3-4-10-37(31)57-38)25-39(36)58-43-40(53)33(42(34)54)24-35(45)41(43)52-18-12-29(27-52)48-56-23-7-13-46-15-11-30-8-5-16-50(30)2/h3-4,9-10,24-26,28-30,46,48H,5-8,11-23,27H2,1-2H3,(H,47,55)/t29-,30?/m1/s1. The number of hydroxylamine groups is 1. The van der Waals surface area contributed by atoms with Crippen LogP contribution in [-0.2, 0) is 4.84 Å². The lowest BCUT2D eigenvalue weighted by Gasteiger charge is -2.32. The summed E-state index contributed by atoms with van der Waals surface area (Å²) in [4.78, 5) is 42.8. The first kappa shape index (κ1) is 38.9. The number of carbonyl (C=O) groups is 1. The molecule has 0 spiro atoms. The average molecular weight is 795 g/mol. The Morgan fingerprint density at radius 2 is 1.79 bits per heavy atom. The summed E-state index contributed by atoms with van der Waals surface area (Å²) < 4.78 is 31.3. The van der Waals surface area contributed by atoms with E-state index in [9.17, 15) is 9.59 Å². The molecule has 0 saturated carbocycles. The van der Waals surface area contributed by atoms with Crippen molar-refractivity contribution >= 4 is 44.4 Å². The normalized spacial score (nSPS) is 20.1. The van der Waals surface area contributed by atoms with Crippen LogP contribution in [-0.4, -0.2) is 130 Å². The van der Waals surface area contributed by atoms with Crippen molar-refractivity contribution in [2.45, 2.75) is 50.6 Å². The van der Waals surface area contributed by atoms with Crippen LogP contribution in [0, 0.1) is 5.82 Å². The first-order valence-electron chi connectivity index (χ1n) is 21.1. The van der Waals surface area contributed by atoms with E-state index in [1.165, 1.54) is 31.9 Å². The predicted molar refractivity (Wildman–Crippen MR) is 225 cm³/mol. The molecule has 58 heavy (non-hydrogen) atoms. The van der Waals surface area contributed by atoms with Crippen LogP contribution in [0.4, 0.5) is 10.1 Å². The molecule has 1 unspecified atom stereocenters. The van der Waals surface area contributed by atoms with Gasteiger partial charge in [-0.05, 0) is 97.0 Å². The monoisotopic (exact) mass is 794 g/mol. The van der Waals surface area contributed by atoms with E-state index in [1.807, 2.05) is 41.3 Å². The molecule has 14 heteroatoms. The first-order valence-corrected chi connectivity index (χ1v) is 21.1. The number of aromatic nitrogens is 1. The van der Waals surface area contributed by atoms with Crippen molar-refractivity contribution in [3.8, 4) is 17.2 Å². The highest BCUT2D eigenvalue weighted by molar-refractivity contribution is 6.07. The number of amides is 1. The van der Waals surface area contributed by atoms with Crippen LogP contribution in [0.1, 0.15) is 48.9 Å². The second kappa shape index (κ2) is 17.0. The van der Waals surface area contributed by atoms with Gasteiger partial charge in [0.15, 0.2) is 17.3 Å². The number of fused-ring (bicyclic) bond motifs is 5. The molecule has 5 aromatic rings. The third kappa shape index (κ3) is 7.81. The van der Waals surface area contributed by atoms with E-state index < -0.39 is 17.2 Å². The molecule has 2 atom stereocenters. The maximum Gasteiger partial charge on any atom is 0.256 e. The topological polar surface area (TPSA) is 120 Å². The smallest absolute Gasteiger partial charge is 0.256 e. The molecule has 6 heterocycles. The molecule has 0 bridgehead atoms. The molecule has 3 aromatic carbocycles. The van der Waals surface area contributed by atoms with E-state index in [2.05, 4.69) is 44.9 Å². The van der Waals surface area contributed by atoms with Gasteiger partial charge in [-0.25, -0.2) is 4.39 Å². The van der Waals surface area contributed by atoms with Crippen LogP contribution in [0.5, 0.6) is 11.5 Å². The molecule has 4 aliphatic heterocycles. The zero-order valence-corrected chi connectivity index (χ0v) is 33.7. The van der Waals surface area contributed by atoms with Crippen LogP contribution >= 0.6 is 0 Å². The molecule has 4 aliphatic rings. The lowest BCUT2D eigenvalue weighted by atomic mass is 10.0. The minimum absolute atomic E-state index is 0.0227. The lowest BCUT2D eigenvalue weighted by Crippen LogP contribution is -2.45. The number of carbonyl (C=O) groups excluding carboxylic acids is 1. The van der Waals surface area contributed by atoms with Gasteiger partial charge in [0.05, 0.1) is 23.7 Å². The van der Waals surface area contributed by atoms with Crippen LogP contribution < -0.4 is 31.2 Å². The molecule has 13 nitrogen and oxygen atoms in total. The van der Waals surface area contributed by atoms with Crippen molar-refractivity contribution in [3.63, 3.8) is 0 Å². The Labute approximate surface area is 337 Å². The van der Waals surface area contributed by atoms with Gasteiger partial charge < -0.3 is 48.8 Å². The second-order valence-corrected chi connectivity index (χ2v) is 16.5.